The first-order chi connectivity index (χ1) is 11.9. The Labute approximate surface area is 145 Å². The van der Waals surface area contributed by atoms with Crippen LogP contribution in [0.1, 0.15) is 26.2 Å². The van der Waals surface area contributed by atoms with Gasteiger partial charge in [0.25, 0.3) is 5.91 Å². The quantitative estimate of drug-likeness (QED) is 0.835. The molecule has 0 radical (unpaired) electrons. The van der Waals surface area contributed by atoms with Crippen molar-refractivity contribution in [1.29, 1.82) is 0 Å². The first-order valence-electron chi connectivity index (χ1n) is 8.56. The topological polar surface area (TPSA) is 49.9 Å². The third-order valence-corrected chi connectivity index (χ3v) is 5.21. The minimum atomic E-state index is -0.698. The second kappa shape index (κ2) is 6.98. The molecule has 0 unspecified atom stereocenters. The number of hydrogen-bond acceptors (Lipinski definition) is 3. The van der Waals surface area contributed by atoms with Gasteiger partial charge in [-0.2, -0.15) is 0 Å². The van der Waals surface area contributed by atoms with Crippen molar-refractivity contribution in [2.75, 3.05) is 32.8 Å². The number of rotatable bonds is 4. The van der Waals surface area contributed by atoms with Crippen LogP contribution in [0.4, 0.5) is 8.78 Å². The lowest BCUT2D eigenvalue weighted by atomic mass is 9.77. The molecule has 0 atom stereocenters. The number of carbonyl (C=O) groups excluding carboxylic acids is 2. The van der Waals surface area contributed by atoms with Crippen LogP contribution in [0.2, 0.25) is 0 Å². The van der Waals surface area contributed by atoms with Gasteiger partial charge < -0.3 is 14.5 Å². The molecule has 1 aromatic carbocycles. The number of amides is 2. The van der Waals surface area contributed by atoms with Crippen molar-refractivity contribution in [3.63, 3.8) is 0 Å². The van der Waals surface area contributed by atoms with Gasteiger partial charge in [0.05, 0.1) is 0 Å². The lowest BCUT2D eigenvalue weighted by molar-refractivity contribution is -0.135. The first-order valence-corrected chi connectivity index (χ1v) is 8.56. The third kappa shape index (κ3) is 3.75. The Bertz CT molecular complexity index is 672. The van der Waals surface area contributed by atoms with Gasteiger partial charge in [0.15, 0.2) is 18.2 Å². The minimum absolute atomic E-state index is 0.0284. The molecule has 25 heavy (non-hydrogen) atoms. The zero-order valence-electron chi connectivity index (χ0n) is 14.3. The van der Waals surface area contributed by atoms with Gasteiger partial charge >= 0.3 is 0 Å². The highest BCUT2D eigenvalue weighted by molar-refractivity contribution is 5.80. The van der Waals surface area contributed by atoms with E-state index in [-0.39, 0.29) is 29.6 Å². The number of ether oxygens (including phenoxy) is 1. The predicted octanol–water partition coefficient (Wildman–Crippen LogP) is 2.20. The fraction of sp³-hybridized carbons (Fsp3) is 0.556. The van der Waals surface area contributed by atoms with Crippen molar-refractivity contribution < 1.29 is 23.1 Å². The molecule has 2 fully saturated rings. The van der Waals surface area contributed by atoms with Crippen LogP contribution < -0.4 is 4.74 Å². The number of likely N-dealkylation sites (tertiary alicyclic amines) is 2. The van der Waals surface area contributed by atoms with Gasteiger partial charge in [0.1, 0.15) is 5.82 Å². The zero-order chi connectivity index (χ0) is 18.0. The molecule has 2 aliphatic rings. The van der Waals surface area contributed by atoms with Gasteiger partial charge in [-0.05, 0) is 31.9 Å². The summed E-state index contributed by atoms with van der Waals surface area (Å²) in [6, 6.07) is 2.89. The monoisotopic (exact) mass is 352 g/mol. The van der Waals surface area contributed by atoms with Crippen LogP contribution in [0.15, 0.2) is 18.2 Å². The number of nitrogens with zero attached hydrogens (tertiary/aromatic N) is 2. The molecule has 0 aromatic heterocycles. The van der Waals surface area contributed by atoms with Crippen LogP contribution in [0.25, 0.3) is 0 Å². The van der Waals surface area contributed by atoms with Crippen LogP contribution >= 0.6 is 0 Å². The van der Waals surface area contributed by atoms with Crippen molar-refractivity contribution in [2.45, 2.75) is 26.2 Å². The number of hydrogen-bond donors (Lipinski definition) is 0. The van der Waals surface area contributed by atoms with Crippen molar-refractivity contribution in [1.82, 2.24) is 9.80 Å². The molecule has 0 N–H and O–H groups in total. The summed E-state index contributed by atoms with van der Waals surface area (Å²) in [4.78, 5) is 27.8. The summed E-state index contributed by atoms with van der Waals surface area (Å²) in [5.74, 6) is -1.64. The Morgan fingerprint density at radius 2 is 2.00 bits per heavy atom. The summed E-state index contributed by atoms with van der Waals surface area (Å²) in [6.07, 6.45) is 2.10. The Kier molecular flexibility index (Phi) is 4.92. The first kappa shape index (κ1) is 17.6. The van der Waals surface area contributed by atoms with Crippen LogP contribution in [-0.2, 0) is 9.59 Å². The predicted molar refractivity (Wildman–Crippen MR) is 87.0 cm³/mol. The summed E-state index contributed by atoms with van der Waals surface area (Å²) in [5.41, 5.74) is -0.0284. The molecule has 136 valence electrons. The minimum Gasteiger partial charge on any atom is -0.481 e. The molecule has 0 saturated carbocycles. The summed E-state index contributed by atoms with van der Waals surface area (Å²) >= 11 is 0. The highest BCUT2D eigenvalue weighted by Gasteiger charge is 2.44. The van der Waals surface area contributed by atoms with Gasteiger partial charge in [-0.1, -0.05) is 0 Å². The van der Waals surface area contributed by atoms with E-state index in [0.717, 1.165) is 44.1 Å². The Morgan fingerprint density at radius 1 is 1.28 bits per heavy atom. The smallest absolute Gasteiger partial charge is 0.260 e. The molecule has 2 amide bonds. The summed E-state index contributed by atoms with van der Waals surface area (Å²) in [5, 5.41) is 0. The number of carbonyl (C=O) groups is 2. The second-order valence-electron chi connectivity index (χ2n) is 6.83. The van der Waals surface area contributed by atoms with E-state index in [0.29, 0.717) is 19.5 Å². The van der Waals surface area contributed by atoms with Gasteiger partial charge in [-0.15, -0.1) is 0 Å². The van der Waals surface area contributed by atoms with Crippen molar-refractivity contribution in [2.24, 2.45) is 5.41 Å². The summed E-state index contributed by atoms with van der Waals surface area (Å²) < 4.78 is 31.8. The molecule has 3 rings (SSSR count). The highest BCUT2D eigenvalue weighted by Crippen LogP contribution is 2.40. The van der Waals surface area contributed by atoms with E-state index in [9.17, 15) is 18.4 Å². The standard InChI is InChI=1S/C18H22F2N2O3/c1-2-21-12-18(10-16(21)23)5-7-22(8-6-18)17(24)11-25-15-9-13(19)3-4-14(15)20/h3-4,9H,2,5-8,10-12H2,1H3. The number of piperidine rings is 1. The molecule has 2 heterocycles. The molecule has 1 spiro atoms. The van der Waals surface area contributed by atoms with Gasteiger partial charge in [-0.3, -0.25) is 9.59 Å². The normalized spacial score (nSPS) is 19.6. The average molecular weight is 352 g/mol. The maximum Gasteiger partial charge on any atom is 0.260 e. The van der Waals surface area contributed by atoms with E-state index < -0.39 is 11.6 Å². The van der Waals surface area contributed by atoms with Crippen molar-refractivity contribution in [3.8, 4) is 5.75 Å². The van der Waals surface area contributed by atoms with Crippen LogP contribution in [-0.4, -0.2) is 54.4 Å². The van der Waals surface area contributed by atoms with E-state index in [4.69, 9.17) is 4.74 Å². The van der Waals surface area contributed by atoms with E-state index in [1.54, 1.807) is 4.90 Å². The molecule has 2 saturated heterocycles. The Hall–Kier alpha value is -2.18. The fourth-order valence-corrected chi connectivity index (χ4v) is 3.65. The zero-order valence-corrected chi connectivity index (χ0v) is 14.3. The van der Waals surface area contributed by atoms with Crippen molar-refractivity contribution in [3.05, 3.63) is 29.8 Å². The summed E-state index contributed by atoms with van der Waals surface area (Å²) in [7, 11) is 0. The lowest BCUT2D eigenvalue weighted by Crippen LogP contribution is -2.45. The van der Waals surface area contributed by atoms with Gasteiger partial charge in [0.2, 0.25) is 5.91 Å². The molecule has 0 aliphatic carbocycles. The number of benzene rings is 1. The highest BCUT2D eigenvalue weighted by atomic mass is 19.1. The number of halogens is 2. The maximum atomic E-state index is 13.5. The van der Waals surface area contributed by atoms with E-state index >= 15 is 0 Å². The van der Waals surface area contributed by atoms with Crippen LogP contribution in [0.3, 0.4) is 0 Å². The average Bonchev–Trinajstić information content (AvgIpc) is 2.91. The van der Waals surface area contributed by atoms with E-state index in [2.05, 4.69) is 0 Å². The molecule has 2 aliphatic heterocycles. The van der Waals surface area contributed by atoms with E-state index in [1.807, 2.05) is 11.8 Å². The van der Waals surface area contributed by atoms with Crippen LogP contribution in [0, 0.1) is 17.0 Å². The third-order valence-electron chi connectivity index (χ3n) is 5.21. The molecule has 0 bridgehead atoms. The molecule has 7 heteroatoms. The largest absolute Gasteiger partial charge is 0.481 e. The van der Waals surface area contributed by atoms with E-state index in [1.165, 1.54) is 0 Å². The Balaban J connectivity index is 1.52. The van der Waals surface area contributed by atoms with Gasteiger partial charge in [0, 0.05) is 44.1 Å². The van der Waals surface area contributed by atoms with Crippen molar-refractivity contribution >= 4 is 11.8 Å². The second-order valence-corrected chi connectivity index (χ2v) is 6.83. The SMILES string of the molecule is CCN1CC2(CCN(C(=O)COc3cc(F)ccc3F)CC2)CC1=O. The fourth-order valence-electron chi connectivity index (χ4n) is 3.65. The molecule has 1 aromatic rings. The van der Waals surface area contributed by atoms with Gasteiger partial charge in [-0.25, -0.2) is 8.78 Å². The molecular formula is C18H22F2N2O3. The Morgan fingerprint density at radius 3 is 2.64 bits per heavy atom. The summed E-state index contributed by atoms with van der Waals surface area (Å²) in [6.45, 7) is 4.23. The van der Waals surface area contributed by atoms with Crippen LogP contribution in [0.5, 0.6) is 5.75 Å². The maximum absolute atomic E-state index is 13.5. The molecule has 5 nitrogen and oxygen atoms in total. The molecular weight excluding hydrogens is 330 g/mol. The lowest BCUT2D eigenvalue weighted by Gasteiger charge is -2.38.